The Hall–Kier alpha value is -6.56. The third-order valence-corrected chi connectivity index (χ3v) is 11.3. The van der Waals surface area contributed by atoms with Gasteiger partial charge in [-0.3, -0.25) is 0 Å². The molecule has 0 aliphatic rings. The van der Waals surface area contributed by atoms with Crippen LogP contribution in [0.15, 0.2) is 170 Å². The summed E-state index contributed by atoms with van der Waals surface area (Å²) in [6.07, 6.45) is 2.00. The van der Waals surface area contributed by atoms with Crippen molar-refractivity contribution in [2.45, 2.75) is 0 Å². The van der Waals surface area contributed by atoms with Gasteiger partial charge in [0, 0.05) is 49.1 Å². The van der Waals surface area contributed by atoms with E-state index in [1.807, 2.05) is 6.20 Å². The smallest absolute Gasteiger partial charge is 0.161 e. The second-order valence-corrected chi connectivity index (χ2v) is 14.1. The molecule has 0 atom stereocenters. The molecule has 0 amide bonds. The minimum absolute atomic E-state index is 0.717. The molecule has 0 saturated carbocycles. The van der Waals surface area contributed by atoms with Crippen LogP contribution in [0.3, 0.4) is 0 Å². The van der Waals surface area contributed by atoms with Crippen LogP contribution >= 0.6 is 11.3 Å². The van der Waals surface area contributed by atoms with Gasteiger partial charge in [-0.1, -0.05) is 109 Å². The molecule has 0 fully saturated rings. The number of hydrogen-bond acceptors (Lipinski definition) is 3. The first-order valence-electron chi connectivity index (χ1n) is 17.2. The van der Waals surface area contributed by atoms with Gasteiger partial charge in [-0.15, -0.1) is 11.3 Å². The van der Waals surface area contributed by atoms with Gasteiger partial charge in [0.25, 0.3) is 0 Å². The van der Waals surface area contributed by atoms with Gasteiger partial charge in [0.05, 0.1) is 38.0 Å². The molecule has 5 heteroatoms. The van der Waals surface area contributed by atoms with E-state index >= 15 is 0 Å². The quantitative estimate of drug-likeness (QED) is 0.187. The summed E-state index contributed by atoms with van der Waals surface area (Å²) in [6, 6.07) is 58.6. The molecule has 238 valence electrons. The molecule has 0 aliphatic heterocycles. The zero-order chi connectivity index (χ0) is 33.5. The van der Waals surface area contributed by atoms with Crippen LogP contribution in [0.2, 0.25) is 0 Å². The molecule has 4 aromatic heterocycles. The summed E-state index contributed by atoms with van der Waals surface area (Å²) in [7, 11) is 0. The number of nitrogens with zero attached hydrogens (tertiary/aromatic N) is 4. The molecule has 7 aromatic carbocycles. The lowest BCUT2D eigenvalue weighted by atomic mass is 9.99. The van der Waals surface area contributed by atoms with E-state index in [0.29, 0.717) is 0 Å². The van der Waals surface area contributed by atoms with Crippen molar-refractivity contribution in [2.75, 3.05) is 0 Å². The Labute approximate surface area is 297 Å². The summed E-state index contributed by atoms with van der Waals surface area (Å²) in [5.74, 6) is 0.717. The minimum atomic E-state index is 0.717. The lowest BCUT2D eigenvalue weighted by molar-refractivity contribution is 1.15. The van der Waals surface area contributed by atoms with Crippen molar-refractivity contribution in [3.05, 3.63) is 170 Å². The number of para-hydroxylation sites is 4. The standard InChI is InChI=1S/C46H28N4S/c1-2-13-29(14-3-1)31-19-12-24-41-44(31)34-17-6-10-22-39(34)49(41)30-25-26-42-36(27-30)45-43(51-42)28-47-46(48-45)35-18-7-11-23-40(35)50-37-20-8-4-15-32(37)33-16-5-9-21-38(33)50/h1-28H. The first-order chi connectivity index (χ1) is 25.3. The topological polar surface area (TPSA) is 35.6 Å². The maximum Gasteiger partial charge on any atom is 0.161 e. The Bertz CT molecular complexity index is 3090. The molecule has 0 N–H and O–H groups in total. The Morgan fingerprint density at radius 3 is 1.86 bits per heavy atom. The highest BCUT2D eigenvalue weighted by Gasteiger charge is 2.19. The fraction of sp³-hybridized carbons (Fsp3) is 0. The number of fused-ring (bicyclic) bond motifs is 9. The Morgan fingerprint density at radius 1 is 0.451 bits per heavy atom. The monoisotopic (exact) mass is 668 g/mol. The third kappa shape index (κ3) is 4.19. The fourth-order valence-electron chi connectivity index (χ4n) is 8.01. The van der Waals surface area contributed by atoms with E-state index in [1.54, 1.807) is 11.3 Å². The third-order valence-electron chi connectivity index (χ3n) is 10.2. The number of hydrogen-bond donors (Lipinski definition) is 0. The number of aromatic nitrogens is 4. The molecular formula is C46H28N4S. The van der Waals surface area contributed by atoms with Gasteiger partial charge in [-0.25, -0.2) is 9.97 Å². The maximum atomic E-state index is 5.34. The normalized spacial score (nSPS) is 11.9. The van der Waals surface area contributed by atoms with Crippen molar-refractivity contribution in [2.24, 2.45) is 0 Å². The van der Waals surface area contributed by atoms with Gasteiger partial charge >= 0.3 is 0 Å². The van der Waals surface area contributed by atoms with Crippen LogP contribution in [-0.4, -0.2) is 19.1 Å². The summed E-state index contributed by atoms with van der Waals surface area (Å²) < 4.78 is 7.03. The molecule has 0 aliphatic carbocycles. The largest absolute Gasteiger partial charge is 0.309 e. The Kier molecular flexibility index (Phi) is 6.09. The lowest BCUT2D eigenvalue weighted by Crippen LogP contribution is -1.99. The van der Waals surface area contributed by atoms with E-state index in [2.05, 4.69) is 173 Å². The molecule has 11 aromatic rings. The molecule has 4 heterocycles. The van der Waals surface area contributed by atoms with Crippen molar-refractivity contribution >= 4 is 75.3 Å². The second-order valence-electron chi connectivity index (χ2n) is 13.0. The molecule has 0 unspecified atom stereocenters. The predicted molar refractivity (Wildman–Crippen MR) is 214 cm³/mol. The molecule has 4 nitrogen and oxygen atoms in total. The van der Waals surface area contributed by atoms with Crippen molar-refractivity contribution < 1.29 is 0 Å². The van der Waals surface area contributed by atoms with E-state index in [9.17, 15) is 0 Å². The van der Waals surface area contributed by atoms with E-state index < -0.39 is 0 Å². The van der Waals surface area contributed by atoms with Crippen LogP contribution in [0.4, 0.5) is 0 Å². The average Bonchev–Trinajstić information content (AvgIpc) is 3.85. The van der Waals surface area contributed by atoms with Crippen LogP contribution in [0.5, 0.6) is 0 Å². The molecule has 11 rings (SSSR count). The molecule has 0 spiro atoms. The molecular weight excluding hydrogens is 641 g/mol. The van der Waals surface area contributed by atoms with Crippen LogP contribution in [0.1, 0.15) is 0 Å². The highest BCUT2D eigenvalue weighted by atomic mass is 32.1. The van der Waals surface area contributed by atoms with E-state index in [1.165, 1.54) is 59.4 Å². The van der Waals surface area contributed by atoms with Gasteiger partial charge in [0.2, 0.25) is 0 Å². The first-order valence-corrected chi connectivity index (χ1v) is 18.0. The van der Waals surface area contributed by atoms with Gasteiger partial charge < -0.3 is 9.13 Å². The van der Waals surface area contributed by atoms with Gasteiger partial charge in [0.15, 0.2) is 5.82 Å². The number of thiophene rings is 1. The number of rotatable bonds is 4. The lowest BCUT2D eigenvalue weighted by Gasteiger charge is -2.13. The fourth-order valence-corrected chi connectivity index (χ4v) is 9.01. The molecule has 0 saturated heterocycles. The van der Waals surface area contributed by atoms with Crippen LogP contribution in [0, 0.1) is 0 Å². The Balaban J connectivity index is 1.12. The highest BCUT2D eigenvalue weighted by Crippen LogP contribution is 2.41. The first kappa shape index (κ1) is 28.3. The van der Waals surface area contributed by atoms with E-state index in [-0.39, 0.29) is 0 Å². The summed E-state index contributed by atoms with van der Waals surface area (Å²) in [5, 5.41) is 6.11. The second kappa shape index (κ2) is 11.0. The predicted octanol–water partition coefficient (Wildman–Crippen LogP) is 12.4. The zero-order valence-corrected chi connectivity index (χ0v) is 28.2. The molecule has 0 radical (unpaired) electrons. The molecule has 0 bridgehead atoms. The zero-order valence-electron chi connectivity index (χ0n) is 27.4. The summed E-state index contributed by atoms with van der Waals surface area (Å²) >= 11 is 1.74. The molecule has 51 heavy (non-hydrogen) atoms. The van der Waals surface area contributed by atoms with Crippen molar-refractivity contribution in [1.29, 1.82) is 0 Å². The maximum absolute atomic E-state index is 5.34. The average molecular weight is 669 g/mol. The van der Waals surface area contributed by atoms with Crippen molar-refractivity contribution in [3.63, 3.8) is 0 Å². The highest BCUT2D eigenvalue weighted by molar-refractivity contribution is 7.25. The van der Waals surface area contributed by atoms with Crippen LogP contribution < -0.4 is 0 Å². The van der Waals surface area contributed by atoms with Gasteiger partial charge in [-0.05, 0) is 65.7 Å². The van der Waals surface area contributed by atoms with Crippen LogP contribution in [0.25, 0.3) is 97.8 Å². The van der Waals surface area contributed by atoms with Crippen molar-refractivity contribution in [1.82, 2.24) is 19.1 Å². The van der Waals surface area contributed by atoms with Gasteiger partial charge in [-0.2, -0.15) is 0 Å². The van der Waals surface area contributed by atoms with Crippen molar-refractivity contribution in [3.8, 4) is 33.9 Å². The van der Waals surface area contributed by atoms with E-state index in [4.69, 9.17) is 9.97 Å². The summed E-state index contributed by atoms with van der Waals surface area (Å²) in [4.78, 5) is 10.3. The SMILES string of the molecule is c1ccc(-c2cccc3c2c2ccccc2n3-c2ccc3sc4cnc(-c5ccccc5-n5c6ccccc6c6ccccc65)nc4c3c2)cc1. The summed E-state index contributed by atoms with van der Waals surface area (Å²) in [6.45, 7) is 0. The van der Waals surface area contributed by atoms with E-state index in [0.717, 1.165) is 38.4 Å². The minimum Gasteiger partial charge on any atom is -0.309 e. The van der Waals surface area contributed by atoms with Crippen LogP contribution in [-0.2, 0) is 0 Å². The number of benzene rings is 7. The van der Waals surface area contributed by atoms with Gasteiger partial charge in [0.1, 0.15) is 0 Å². The summed E-state index contributed by atoms with van der Waals surface area (Å²) in [5.41, 5.74) is 11.3. The Morgan fingerprint density at radius 2 is 1.08 bits per heavy atom.